The summed E-state index contributed by atoms with van der Waals surface area (Å²) in [6.45, 7) is 8.57. The van der Waals surface area contributed by atoms with E-state index < -0.39 is 10.0 Å². The minimum Gasteiger partial charge on any atom is -0.346 e. The van der Waals surface area contributed by atoms with Crippen LogP contribution in [0.4, 0.5) is 0 Å². The van der Waals surface area contributed by atoms with Gasteiger partial charge in [0.1, 0.15) is 4.90 Å². The van der Waals surface area contributed by atoms with E-state index in [1.807, 2.05) is 5.38 Å². The molecular weight excluding hydrogens is 406 g/mol. The molecule has 6 nitrogen and oxygen atoms in total. The SMILES string of the molecule is CCN(CC)S(=O)(=O)c1cc(C(=O)NCc2csc(C(C)C)n2)ccc1Cl. The Morgan fingerprint density at radius 2 is 1.96 bits per heavy atom. The fourth-order valence-corrected chi connectivity index (χ4v) is 5.28. The Bertz CT molecular complexity index is 906. The molecule has 0 saturated carbocycles. The van der Waals surface area contributed by atoms with Crippen LogP contribution in [0, 0.1) is 0 Å². The van der Waals surface area contributed by atoms with Crippen LogP contribution < -0.4 is 5.32 Å². The van der Waals surface area contributed by atoms with Crippen LogP contribution in [0.3, 0.4) is 0 Å². The zero-order valence-electron chi connectivity index (χ0n) is 15.8. The lowest BCUT2D eigenvalue weighted by Crippen LogP contribution is -2.31. The monoisotopic (exact) mass is 429 g/mol. The third-order valence-corrected chi connectivity index (χ3v) is 7.74. The summed E-state index contributed by atoms with van der Waals surface area (Å²) >= 11 is 7.66. The number of amides is 1. The van der Waals surface area contributed by atoms with Gasteiger partial charge in [-0.05, 0) is 18.2 Å². The zero-order chi connectivity index (χ0) is 20.2. The molecule has 0 fully saturated rings. The Balaban J connectivity index is 2.20. The van der Waals surface area contributed by atoms with Crippen LogP contribution in [0.1, 0.15) is 54.7 Å². The molecule has 148 valence electrons. The predicted octanol–water partition coefficient (Wildman–Crippen LogP) is 3.88. The topological polar surface area (TPSA) is 79.4 Å². The van der Waals surface area contributed by atoms with Crippen LogP contribution in [0.5, 0.6) is 0 Å². The Kier molecular flexibility index (Phi) is 7.39. The third kappa shape index (κ3) is 5.07. The number of aromatic nitrogens is 1. The van der Waals surface area contributed by atoms with E-state index in [-0.39, 0.29) is 27.9 Å². The van der Waals surface area contributed by atoms with Gasteiger partial charge in [0.15, 0.2) is 0 Å². The van der Waals surface area contributed by atoms with Crippen molar-refractivity contribution in [2.24, 2.45) is 0 Å². The van der Waals surface area contributed by atoms with E-state index in [4.69, 9.17) is 11.6 Å². The number of nitrogens with one attached hydrogen (secondary N) is 1. The van der Waals surface area contributed by atoms with Gasteiger partial charge in [-0.2, -0.15) is 4.31 Å². The molecule has 0 aliphatic carbocycles. The lowest BCUT2D eigenvalue weighted by atomic mass is 10.2. The molecule has 0 aliphatic rings. The number of sulfonamides is 1. The van der Waals surface area contributed by atoms with Crippen molar-refractivity contribution >= 4 is 38.9 Å². The van der Waals surface area contributed by atoms with Gasteiger partial charge in [0.2, 0.25) is 10.0 Å². The number of rotatable bonds is 8. The Hall–Kier alpha value is -1.48. The maximum absolute atomic E-state index is 12.7. The zero-order valence-corrected chi connectivity index (χ0v) is 18.2. The van der Waals surface area contributed by atoms with Crippen LogP contribution in [0.15, 0.2) is 28.5 Å². The van der Waals surface area contributed by atoms with Gasteiger partial charge in [-0.25, -0.2) is 13.4 Å². The molecule has 0 atom stereocenters. The molecule has 27 heavy (non-hydrogen) atoms. The minimum absolute atomic E-state index is 0.0590. The van der Waals surface area contributed by atoms with E-state index in [9.17, 15) is 13.2 Å². The Labute approximate surface area is 169 Å². The van der Waals surface area contributed by atoms with Crippen molar-refractivity contribution in [3.63, 3.8) is 0 Å². The number of hydrogen-bond donors (Lipinski definition) is 1. The second kappa shape index (κ2) is 9.14. The molecule has 0 bridgehead atoms. The van der Waals surface area contributed by atoms with E-state index >= 15 is 0 Å². The number of nitrogens with zero attached hydrogens (tertiary/aromatic N) is 2. The molecule has 1 heterocycles. The van der Waals surface area contributed by atoms with E-state index in [1.165, 1.54) is 22.5 Å². The first-order chi connectivity index (χ1) is 12.7. The average molecular weight is 430 g/mol. The molecule has 0 radical (unpaired) electrons. The highest BCUT2D eigenvalue weighted by atomic mass is 35.5. The van der Waals surface area contributed by atoms with Gasteiger partial charge in [0, 0.05) is 30.0 Å². The molecule has 0 unspecified atom stereocenters. The molecule has 1 aromatic heterocycles. The van der Waals surface area contributed by atoms with Crippen LogP contribution >= 0.6 is 22.9 Å². The summed E-state index contributed by atoms with van der Waals surface area (Å²) in [5, 5.41) is 5.80. The van der Waals surface area contributed by atoms with Crippen molar-refractivity contribution in [3.05, 3.63) is 44.9 Å². The van der Waals surface area contributed by atoms with Crippen molar-refractivity contribution in [1.29, 1.82) is 0 Å². The summed E-state index contributed by atoms with van der Waals surface area (Å²) in [5.74, 6) is -0.0367. The summed E-state index contributed by atoms with van der Waals surface area (Å²) < 4.78 is 26.8. The molecule has 1 N–H and O–H groups in total. The van der Waals surface area contributed by atoms with Gasteiger partial charge in [-0.1, -0.05) is 39.3 Å². The standard InChI is InChI=1S/C18H24ClN3O3S2/c1-5-22(6-2)27(24,25)16-9-13(7-8-15(16)19)17(23)20-10-14-11-26-18(21-14)12(3)4/h7-9,11-12H,5-6,10H2,1-4H3,(H,20,23). The summed E-state index contributed by atoms with van der Waals surface area (Å²) in [7, 11) is -3.75. The average Bonchev–Trinajstić information content (AvgIpc) is 3.10. The van der Waals surface area contributed by atoms with Crippen LogP contribution in [-0.4, -0.2) is 36.7 Å². The summed E-state index contributed by atoms with van der Waals surface area (Å²) in [6, 6.07) is 4.28. The fraction of sp³-hybridized carbons (Fsp3) is 0.444. The second-order valence-corrected chi connectivity index (χ2v) is 9.45. The quantitative estimate of drug-likeness (QED) is 0.690. The minimum atomic E-state index is -3.75. The van der Waals surface area contributed by atoms with Gasteiger partial charge < -0.3 is 5.32 Å². The molecule has 9 heteroatoms. The second-order valence-electron chi connectivity index (χ2n) is 6.25. The third-order valence-electron chi connectivity index (χ3n) is 4.01. The van der Waals surface area contributed by atoms with Crippen LogP contribution in [0.2, 0.25) is 5.02 Å². The molecule has 1 aromatic carbocycles. The predicted molar refractivity (Wildman–Crippen MR) is 109 cm³/mol. The van der Waals surface area contributed by atoms with Crippen molar-refractivity contribution in [2.75, 3.05) is 13.1 Å². The molecule has 0 saturated heterocycles. The highest BCUT2D eigenvalue weighted by molar-refractivity contribution is 7.89. The maximum atomic E-state index is 12.7. The summed E-state index contributed by atoms with van der Waals surface area (Å²) in [6.07, 6.45) is 0. The highest BCUT2D eigenvalue weighted by Gasteiger charge is 2.25. The van der Waals surface area contributed by atoms with E-state index in [0.29, 0.717) is 19.0 Å². The van der Waals surface area contributed by atoms with Gasteiger partial charge >= 0.3 is 0 Å². The number of benzene rings is 1. The van der Waals surface area contributed by atoms with Gasteiger partial charge in [-0.3, -0.25) is 4.79 Å². The number of thiazole rings is 1. The number of carbonyl (C=O) groups is 1. The molecule has 0 aliphatic heterocycles. The highest BCUT2D eigenvalue weighted by Crippen LogP contribution is 2.26. The summed E-state index contributed by atoms with van der Waals surface area (Å²) in [5.41, 5.74) is 1.02. The lowest BCUT2D eigenvalue weighted by molar-refractivity contribution is 0.0950. The van der Waals surface area contributed by atoms with Crippen molar-refractivity contribution in [3.8, 4) is 0 Å². The number of halogens is 1. The maximum Gasteiger partial charge on any atom is 0.251 e. The molecule has 2 rings (SSSR count). The Morgan fingerprint density at radius 3 is 2.52 bits per heavy atom. The lowest BCUT2D eigenvalue weighted by Gasteiger charge is -2.19. The van der Waals surface area contributed by atoms with Gasteiger partial charge in [0.25, 0.3) is 5.91 Å². The van der Waals surface area contributed by atoms with Crippen molar-refractivity contribution in [1.82, 2.24) is 14.6 Å². The van der Waals surface area contributed by atoms with Gasteiger partial charge in [0.05, 0.1) is 22.3 Å². The molecule has 0 spiro atoms. The van der Waals surface area contributed by atoms with Crippen LogP contribution in [0.25, 0.3) is 0 Å². The largest absolute Gasteiger partial charge is 0.346 e. The smallest absolute Gasteiger partial charge is 0.251 e. The molecule has 1 amide bonds. The number of hydrogen-bond acceptors (Lipinski definition) is 5. The first kappa shape index (κ1) is 21.8. The van der Waals surface area contributed by atoms with Gasteiger partial charge in [-0.15, -0.1) is 11.3 Å². The van der Waals surface area contributed by atoms with Crippen molar-refractivity contribution < 1.29 is 13.2 Å². The summed E-state index contributed by atoms with van der Waals surface area (Å²) in [4.78, 5) is 16.9. The van der Waals surface area contributed by atoms with Crippen molar-refractivity contribution in [2.45, 2.75) is 45.1 Å². The van der Waals surface area contributed by atoms with E-state index in [2.05, 4.69) is 24.1 Å². The molecule has 2 aromatic rings. The van der Waals surface area contributed by atoms with E-state index in [1.54, 1.807) is 25.2 Å². The first-order valence-corrected chi connectivity index (χ1v) is 11.4. The first-order valence-electron chi connectivity index (χ1n) is 8.72. The normalized spacial score (nSPS) is 12.0. The fourth-order valence-electron chi connectivity index (χ4n) is 2.49. The van der Waals surface area contributed by atoms with E-state index in [0.717, 1.165) is 10.7 Å². The van der Waals surface area contributed by atoms with Crippen LogP contribution in [-0.2, 0) is 16.6 Å². The Morgan fingerprint density at radius 1 is 1.30 bits per heavy atom. The number of carbonyl (C=O) groups excluding carboxylic acids is 1. The molecular formula is C18H24ClN3O3S2.